The molecule has 0 aromatic carbocycles. The second-order valence-corrected chi connectivity index (χ2v) is 7.99. The number of aliphatic hydroxyl groups is 2. The highest BCUT2D eigenvalue weighted by Crippen LogP contribution is 2.32. The summed E-state index contributed by atoms with van der Waals surface area (Å²) in [4.78, 5) is 27.0. The lowest BCUT2D eigenvalue weighted by atomic mass is 10.1. The van der Waals surface area contributed by atoms with Gasteiger partial charge < -0.3 is 20.7 Å². The highest BCUT2D eigenvalue weighted by molar-refractivity contribution is 7.85. The molecule has 1 saturated heterocycles. The molecule has 170 valence electrons. The van der Waals surface area contributed by atoms with Gasteiger partial charge in [0, 0.05) is 6.20 Å². The van der Waals surface area contributed by atoms with Crippen molar-refractivity contribution in [3.05, 3.63) is 42.5 Å². The van der Waals surface area contributed by atoms with Gasteiger partial charge >= 0.3 is 10.3 Å². The van der Waals surface area contributed by atoms with Crippen LogP contribution in [0.5, 0.6) is 0 Å². The van der Waals surface area contributed by atoms with E-state index >= 15 is 0 Å². The van der Waals surface area contributed by atoms with Crippen LogP contribution in [0.25, 0.3) is 11.2 Å². The number of nitrogens with one attached hydrogen (secondary N) is 1. The van der Waals surface area contributed by atoms with Crippen LogP contribution in [0.1, 0.15) is 16.6 Å². The van der Waals surface area contributed by atoms with E-state index in [-0.39, 0.29) is 17.0 Å². The molecule has 0 bridgehead atoms. The zero-order chi connectivity index (χ0) is 23.0. The molecule has 0 spiro atoms. The molecule has 0 aliphatic carbocycles. The van der Waals surface area contributed by atoms with Gasteiger partial charge in [-0.3, -0.25) is 13.5 Å². The Kier molecular flexibility index (Phi) is 5.70. The largest absolute Gasteiger partial charge is 0.387 e. The van der Waals surface area contributed by atoms with Gasteiger partial charge in [-0.2, -0.15) is 12.8 Å². The van der Waals surface area contributed by atoms with Gasteiger partial charge in [0.1, 0.15) is 30.2 Å². The number of anilines is 1. The van der Waals surface area contributed by atoms with Crippen molar-refractivity contribution in [3.8, 4) is 0 Å². The van der Waals surface area contributed by atoms with Gasteiger partial charge in [0.2, 0.25) is 5.95 Å². The number of hydrogen-bond acceptors (Lipinski definition) is 12. The van der Waals surface area contributed by atoms with Crippen molar-refractivity contribution in [2.75, 3.05) is 12.3 Å². The van der Waals surface area contributed by atoms with Crippen LogP contribution in [0.2, 0.25) is 0 Å². The van der Waals surface area contributed by atoms with Crippen molar-refractivity contribution in [1.82, 2.24) is 29.2 Å². The predicted octanol–water partition coefficient (Wildman–Crippen LogP) is -1.75. The topological polar surface area (TPSA) is 205 Å². The molecular formula is C16H16FN7O7S. The van der Waals surface area contributed by atoms with E-state index in [2.05, 4.69) is 24.1 Å². The first-order valence-electron chi connectivity index (χ1n) is 8.94. The summed E-state index contributed by atoms with van der Waals surface area (Å²) in [5, 5.41) is 20.6. The predicted molar refractivity (Wildman–Crippen MR) is 102 cm³/mol. The zero-order valence-electron chi connectivity index (χ0n) is 15.9. The third kappa shape index (κ3) is 4.08. The lowest BCUT2D eigenvalue weighted by Gasteiger charge is -2.16. The molecule has 4 heterocycles. The summed E-state index contributed by atoms with van der Waals surface area (Å²) in [7, 11) is -4.71. The van der Waals surface area contributed by atoms with Gasteiger partial charge in [-0.1, -0.05) is 0 Å². The minimum atomic E-state index is -4.71. The molecule has 5 N–H and O–H groups in total. The number of rotatable bonds is 6. The van der Waals surface area contributed by atoms with E-state index in [4.69, 9.17) is 10.5 Å². The number of aromatic nitrogens is 5. The van der Waals surface area contributed by atoms with Crippen LogP contribution >= 0.6 is 0 Å². The lowest BCUT2D eigenvalue weighted by Crippen LogP contribution is -2.38. The standard InChI is InChI=1S/C16H16FN7O7S/c17-12-7(2-1-3-19-12)15(27)23-32(28,29)30-4-8-10(25)11(26)16(31-8)24-6-22-9-13(18)20-5-21-14(9)24/h1-3,5-6,8,10-11,16,25-26H,4H2,(H,23,27)(H2,18,20,21)/t8-,10-,11-,16-/m1/s1. The Morgan fingerprint density at radius 2 is 2.06 bits per heavy atom. The maximum atomic E-state index is 13.5. The quantitative estimate of drug-likeness (QED) is 0.297. The van der Waals surface area contributed by atoms with Crippen molar-refractivity contribution >= 4 is 33.2 Å². The Balaban J connectivity index is 1.44. The third-order valence-corrected chi connectivity index (χ3v) is 5.49. The minimum absolute atomic E-state index is 0.0913. The number of aliphatic hydroxyl groups excluding tert-OH is 2. The number of carbonyl (C=O) groups is 1. The molecule has 3 aromatic heterocycles. The highest BCUT2D eigenvalue weighted by atomic mass is 32.2. The van der Waals surface area contributed by atoms with E-state index in [0.29, 0.717) is 0 Å². The summed E-state index contributed by atoms with van der Waals surface area (Å²) < 4.78 is 50.7. The first kappa shape index (κ1) is 21.9. The van der Waals surface area contributed by atoms with Gasteiger partial charge in [-0.25, -0.2) is 24.7 Å². The Labute approximate surface area is 179 Å². The molecule has 4 atom stereocenters. The van der Waals surface area contributed by atoms with Gasteiger partial charge in [-0.05, 0) is 12.1 Å². The number of ether oxygens (including phenoxy) is 1. The molecule has 16 heteroatoms. The van der Waals surface area contributed by atoms with Crippen LogP contribution in [0.15, 0.2) is 31.0 Å². The molecule has 1 fully saturated rings. The zero-order valence-corrected chi connectivity index (χ0v) is 16.8. The Morgan fingerprint density at radius 1 is 1.28 bits per heavy atom. The molecular weight excluding hydrogens is 453 g/mol. The van der Waals surface area contributed by atoms with E-state index in [1.165, 1.54) is 28.0 Å². The number of hydrogen-bond donors (Lipinski definition) is 4. The molecule has 1 aliphatic heterocycles. The Bertz CT molecular complexity index is 1270. The number of amides is 1. The number of carbonyl (C=O) groups excluding carboxylic acids is 1. The number of halogens is 1. The molecule has 0 saturated carbocycles. The van der Waals surface area contributed by atoms with Crippen LogP contribution in [0.3, 0.4) is 0 Å². The normalized spacial score (nSPS) is 23.5. The fourth-order valence-electron chi connectivity index (χ4n) is 3.06. The molecule has 4 rings (SSSR count). The third-order valence-electron chi connectivity index (χ3n) is 4.61. The maximum absolute atomic E-state index is 13.5. The van der Waals surface area contributed by atoms with Crippen LogP contribution in [-0.2, 0) is 19.2 Å². The maximum Gasteiger partial charge on any atom is 0.362 e. The second kappa shape index (κ2) is 8.32. The van der Waals surface area contributed by atoms with Crippen molar-refractivity contribution in [2.45, 2.75) is 24.5 Å². The van der Waals surface area contributed by atoms with E-state index in [1.54, 1.807) is 0 Å². The number of fused-ring (bicyclic) bond motifs is 1. The summed E-state index contributed by atoms with van der Waals surface area (Å²) in [6, 6.07) is 2.28. The molecule has 3 aromatic rings. The first-order valence-corrected chi connectivity index (χ1v) is 10.4. The molecule has 1 aliphatic rings. The van der Waals surface area contributed by atoms with Gasteiger partial charge in [-0.15, -0.1) is 0 Å². The van der Waals surface area contributed by atoms with Crippen LogP contribution < -0.4 is 10.5 Å². The fraction of sp³-hybridized carbons (Fsp3) is 0.312. The molecule has 0 unspecified atom stereocenters. The Hall–Kier alpha value is -3.31. The van der Waals surface area contributed by atoms with E-state index < -0.39 is 58.9 Å². The summed E-state index contributed by atoms with van der Waals surface area (Å²) in [5.41, 5.74) is 5.56. The lowest BCUT2D eigenvalue weighted by molar-refractivity contribution is -0.0468. The van der Waals surface area contributed by atoms with Crippen LogP contribution in [0.4, 0.5) is 10.2 Å². The molecule has 32 heavy (non-hydrogen) atoms. The summed E-state index contributed by atoms with van der Waals surface area (Å²) in [6.07, 6.45) is -2.04. The summed E-state index contributed by atoms with van der Waals surface area (Å²) in [6.45, 7) is -0.767. The molecule has 0 radical (unpaired) electrons. The van der Waals surface area contributed by atoms with Gasteiger partial charge in [0.05, 0.1) is 18.5 Å². The van der Waals surface area contributed by atoms with E-state index in [0.717, 1.165) is 12.3 Å². The summed E-state index contributed by atoms with van der Waals surface area (Å²) >= 11 is 0. The Morgan fingerprint density at radius 3 is 2.81 bits per heavy atom. The highest BCUT2D eigenvalue weighted by Gasteiger charge is 2.45. The fourth-order valence-corrected chi connectivity index (χ4v) is 3.77. The van der Waals surface area contributed by atoms with E-state index in [9.17, 15) is 27.8 Å². The summed E-state index contributed by atoms with van der Waals surface area (Å²) in [5.74, 6) is -2.38. The van der Waals surface area contributed by atoms with Crippen molar-refractivity contribution in [3.63, 3.8) is 0 Å². The van der Waals surface area contributed by atoms with Crippen molar-refractivity contribution < 1.29 is 36.7 Å². The number of pyridine rings is 1. The van der Waals surface area contributed by atoms with Crippen LogP contribution in [0, 0.1) is 5.95 Å². The average Bonchev–Trinajstić information content (AvgIpc) is 3.29. The van der Waals surface area contributed by atoms with Crippen LogP contribution in [-0.4, -0.2) is 74.0 Å². The smallest absolute Gasteiger partial charge is 0.362 e. The molecule has 14 nitrogen and oxygen atoms in total. The number of imidazole rings is 1. The SMILES string of the molecule is Nc1ncnc2c1ncn2[C@@H]1O[C@H](COS(=O)(=O)NC(=O)c2cccnc2F)[C@@H](O)[C@H]1O. The minimum Gasteiger partial charge on any atom is -0.387 e. The number of nitrogen functional groups attached to an aromatic ring is 1. The van der Waals surface area contributed by atoms with Gasteiger partial charge in [0.25, 0.3) is 5.91 Å². The van der Waals surface area contributed by atoms with Crippen molar-refractivity contribution in [2.24, 2.45) is 0 Å². The first-order chi connectivity index (χ1) is 15.2. The average molecular weight is 469 g/mol. The van der Waals surface area contributed by atoms with Gasteiger partial charge in [0.15, 0.2) is 17.7 Å². The van der Waals surface area contributed by atoms with E-state index in [1.807, 2.05) is 0 Å². The monoisotopic (exact) mass is 469 g/mol. The second-order valence-electron chi connectivity index (χ2n) is 6.64. The van der Waals surface area contributed by atoms with Crippen molar-refractivity contribution in [1.29, 1.82) is 0 Å². The number of nitrogens with two attached hydrogens (primary N) is 1. The number of nitrogens with zero attached hydrogens (tertiary/aromatic N) is 5. The molecule has 1 amide bonds.